The minimum atomic E-state index is -0.0501. The number of methoxy groups -OCH3 is 1. The van der Waals surface area contributed by atoms with Crippen molar-refractivity contribution in [3.63, 3.8) is 0 Å². The van der Waals surface area contributed by atoms with Gasteiger partial charge in [-0.1, -0.05) is 25.6 Å². The van der Waals surface area contributed by atoms with Crippen LogP contribution in [0.25, 0.3) is 0 Å². The van der Waals surface area contributed by atoms with E-state index in [1.54, 1.807) is 18.9 Å². The summed E-state index contributed by atoms with van der Waals surface area (Å²) in [5.41, 5.74) is 4.38. The van der Waals surface area contributed by atoms with Crippen LogP contribution in [0.5, 0.6) is 5.75 Å². The zero-order chi connectivity index (χ0) is 17.9. The second kappa shape index (κ2) is 7.75. The van der Waals surface area contributed by atoms with Crippen LogP contribution in [0.3, 0.4) is 0 Å². The summed E-state index contributed by atoms with van der Waals surface area (Å²) in [6.45, 7) is 10.0. The fourth-order valence-electron chi connectivity index (χ4n) is 2.73. The van der Waals surface area contributed by atoms with E-state index in [0.717, 1.165) is 22.6 Å². The van der Waals surface area contributed by atoms with Crippen molar-refractivity contribution >= 4 is 23.4 Å². The molecule has 0 heterocycles. The van der Waals surface area contributed by atoms with Crippen LogP contribution in [0.4, 0.5) is 5.69 Å². The molecule has 0 bridgehead atoms. The third-order valence-corrected chi connectivity index (χ3v) is 5.16. The van der Waals surface area contributed by atoms with Gasteiger partial charge < -0.3 is 10.1 Å². The largest absolute Gasteiger partial charge is 0.496 e. The Morgan fingerprint density at radius 2 is 1.75 bits per heavy atom. The van der Waals surface area contributed by atoms with E-state index in [9.17, 15) is 4.79 Å². The molecule has 24 heavy (non-hydrogen) atoms. The Balaban J connectivity index is 2.34. The fourth-order valence-corrected chi connectivity index (χ4v) is 3.73. The first-order chi connectivity index (χ1) is 11.3. The summed E-state index contributed by atoms with van der Waals surface area (Å²) in [5.74, 6) is 1.29. The SMILES string of the molecule is COc1ccc(Sc2c(C)cc(NC(C)=O)cc2C)cc1C(C)C. The number of aryl methyl sites for hydroxylation is 2. The third-order valence-electron chi connectivity index (χ3n) is 3.82. The predicted octanol–water partition coefficient (Wildman–Crippen LogP) is 5.55. The number of benzene rings is 2. The molecule has 1 amide bonds. The van der Waals surface area contributed by atoms with Gasteiger partial charge in [0, 0.05) is 22.4 Å². The van der Waals surface area contributed by atoms with Gasteiger partial charge in [0.15, 0.2) is 0 Å². The number of nitrogens with one attached hydrogen (secondary N) is 1. The van der Waals surface area contributed by atoms with Gasteiger partial charge in [-0.2, -0.15) is 0 Å². The molecule has 1 N–H and O–H groups in total. The number of carbonyl (C=O) groups is 1. The smallest absolute Gasteiger partial charge is 0.221 e. The lowest BCUT2D eigenvalue weighted by molar-refractivity contribution is -0.114. The number of carbonyl (C=O) groups excluding carboxylic acids is 1. The van der Waals surface area contributed by atoms with Crippen LogP contribution >= 0.6 is 11.8 Å². The molecule has 0 unspecified atom stereocenters. The van der Waals surface area contributed by atoms with E-state index in [4.69, 9.17) is 4.74 Å². The van der Waals surface area contributed by atoms with Crippen LogP contribution in [-0.2, 0) is 4.79 Å². The first kappa shape index (κ1) is 18.4. The van der Waals surface area contributed by atoms with Crippen molar-refractivity contribution in [1.29, 1.82) is 0 Å². The molecule has 0 spiro atoms. The molecule has 128 valence electrons. The second-order valence-corrected chi connectivity index (χ2v) is 7.36. The van der Waals surface area contributed by atoms with Crippen LogP contribution in [-0.4, -0.2) is 13.0 Å². The van der Waals surface area contributed by atoms with Gasteiger partial charge in [-0.05, 0) is 66.8 Å². The summed E-state index contributed by atoms with van der Waals surface area (Å²) < 4.78 is 5.46. The third kappa shape index (κ3) is 4.32. The van der Waals surface area contributed by atoms with E-state index in [1.807, 2.05) is 18.2 Å². The summed E-state index contributed by atoms with van der Waals surface area (Å²) in [6, 6.07) is 10.4. The van der Waals surface area contributed by atoms with Crippen LogP contribution in [0, 0.1) is 13.8 Å². The predicted molar refractivity (Wildman–Crippen MR) is 101 cm³/mol. The fraction of sp³-hybridized carbons (Fsp3) is 0.350. The van der Waals surface area contributed by atoms with E-state index in [0.29, 0.717) is 5.92 Å². The average Bonchev–Trinajstić information content (AvgIpc) is 2.50. The summed E-state index contributed by atoms with van der Waals surface area (Å²) in [5, 5.41) is 2.85. The van der Waals surface area contributed by atoms with Crippen molar-refractivity contribution in [2.75, 3.05) is 12.4 Å². The molecule has 2 aromatic carbocycles. The standard InChI is InChI=1S/C20H25NO2S/c1-12(2)18-11-17(7-8-19(18)23-6)24-20-13(3)9-16(10-14(20)4)21-15(5)22/h7-12H,1-6H3,(H,21,22). The molecule has 0 aliphatic carbocycles. The maximum absolute atomic E-state index is 11.2. The van der Waals surface area contributed by atoms with Crippen LogP contribution < -0.4 is 10.1 Å². The zero-order valence-electron chi connectivity index (χ0n) is 15.2. The summed E-state index contributed by atoms with van der Waals surface area (Å²) in [4.78, 5) is 13.7. The molecule has 2 rings (SSSR count). The Kier molecular flexibility index (Phi) is 5.94. The van der Waals surface area contributed by atoms with Crippen LogP contribution in [0.2, 0.25) is 0 Å². The van der Waals surface area contributed by atoms with Crippen molar-refractivity contribution in [3.8, 4) is 5.75 Å². The van der Waals surface area contributed by atoms with E-state index in [2.05, 4.69) is 45.1 Å². The minimum Gasteiger partial charge on any atom is -0.496 e. The molecule has 0 fully saturated rings. The van der Waals surface area contributed by atoms with E-state index >= 15 is 0 Å². The van der Waals surface area contributed by atoms with Crippen molar-refractivity contribution < 1.29 is 9.53 Å². The number of rotatable bonds is 5. The van der Waals surface area contributed by atoms with Gasteiger partial charge in [0.25, 0.3) is 0 Å². The van der Waals surface area contributed by atoms with Gasteiger partial charge in [0.05, 0.1) is 7.11 Å². The number of hydrogen-bond donors (Lipinski definition) is 1. The Hall–Kier alpha value is -1.94. The van der Waals surface area contributed by atoms with Crippen molar-refractivity contribution in [1.82, 2.24) is 0 Å². The highest BCUT2D eigenvalue weighted by Gasteiger charge is 2.12. The molecule has 0 saturated heterocycles. The van der Waals surface area contributed by atoms with Crippen molar-refractivity contribution in [2.45, 2.75) is 50.3 Å². The normalized spacial score (nSPS) is 10.8. The van der Waals surface area contributed by atoms with Crippen molar-refractivity contribution in [3.05, 3.63) is 47.0 Å². The summed E-state index contributed by atoms with van der Waals surface area (Å²) >= 11 is 1.75. The van der Waals surface area contributed by atoms with Gasteiger partial charge in [-0.15, -0.1) is 0 Å². The first-order valence-corrected chi connectivity index (χ1v) is 8.88. The molecule has 0 aromatic heterocycles. The van der Waals surface area contributed by atoms with E-state index in [1.165, 1.54) is 22.3 Å². The highest BCUT2D eigenvalue weighted by molar-refractivity contribution is 7.99. The Labute approximate surface area is 148 Å². The highest BCUT2D eigenvalue weighted by atomic mass is 32.2. The molecule has 0 saturated carbocycles. The lowest BCUT2D eigenvalue weighted by Crippen LogP contribution is -2.06. The van der Waals surface area contributed by atoms with Gasteiger partial charge >= 0.3 is 0 Å². The lowest BCUT2D eigenvalue weighted by Gasteiger charge is -2.16. The van der Waals surface area contributed by atoms with Gasteiger partial charge in [-0.25, -0.2) is 0 Å². The monoisotopic (exact) mass is 343 g/mol. The molecule has 0 atom stereocenters. The molecular weight excluding hydrogens is 318 g/mol. The van der Waals surface area contributed by atoms with E-state index < -0.39 is 0 Å². The molecule has 3 nitrogen and oxygen atoms in total. The number of anilines is 1. The molecule has 2 aromatic rings. The number of hydrogen-bond acceptors (Lipinski definition) is 3. The van der Waals surface area contributed by atoms with Gasteiger partial charge in [-0.3, -0.25) is 4.79 Å². The Bertz CT molecular complexity index is 730. The number of ether oxygens (including phenoxy) is 1. The zero-order valence-corrected chi connectivity index (χ0v) is 16.0. The van der Waals surface area contributed by atoms with Gasteiger partial charge in [0.2, 0.25) is 5.91 Å². The Morgan fingerprint density at radius 3 is 2.25 bits per heavy atom. The highest BCUT2D eigenvalue weighted by Crippen LogP contribution is 2.38. The van der Waals surface area contributed by atoms with E-state index in [-0.39, 0.29) is 5.91 Å². The maximum Gasteiger partial charge on any atom is 0.221 e. The minimum absolute atomic E-state index is 0.0501. The number of amides is 1. The lowest BCUT2D eigenvalue weighted by atomic mass is 10.0. The van der Waals surface area contributed by atoms with Gasteiger partial charge in [0.1, 0.15) is 5.75 Å². The average molecular weight is 343 g/mol. The van der Waals surface area contributed by atoms with Crippen LogP contribution in [0.15, 0.2) is 40.1 Å². The van der Waals surface area contributed by atoms with Crippen LogP contribution in [0.1, 0.15) is 43.4 Å². The summed E-state index contributed by atoms with van der Waals surface area (Å²) in [6.07, 6.45) is 0. The molecule has 0 aliphatic heterocycles. The second-order valence-electron chi connectivity index (χ2n) is 6.28. The topological polar surface area (TPSA) is 38.3 Å². The summed E-state index contributed by atoms with van der Waals surface area (Å²) in [7, 11) is 1.71. The molecule has 0 aliphatic rings. The molecule has 4 heteroatoms. The quantitative estimate of drug-likeness (QED) is 0.774. The molecule has 0 radical (unpaired) electrons. The van der Waals surface area contributed by atoms with Crippen molar-refractivity contribution in [2.24, 2.45) is 0 Å². The maximum atomic E-state index is 11.2. The molecular formula is C20H25NO2S. The first-order valence-electron chi connectivity index (χ1n) is 8.06. The Morgan fingerprint density at radius 1 is 1.12 bits per heavy atom.